The molecule has 0 aliphatic carbocycles. The van der Waals surface area contributed by atoms with Gasteiger partial charge in [0.05, 0.1) is 5.69 Å². The lowest BCUT2D eigenvalue weighted by Crippen LogP contribution is -2.06. The number of halogens is 1. The summed E-state index contributed by atoms with van der Waals surface area (Å²) in [5, 5.41) is 11.1. The van der Waals surface area contributed by atoms with E-state index in [9.17, 15) is 0 Å². The van der Waals surface area contributed by atoms with Crippen LogP contribution >= 0.6 is 11.6 Å². The van der Waals surface area contributed by atoms with E-state index in [4.69, 9.17) is 16.1 Å². The third kappa shape index (κ3) is 4.29. The summed E-state index contributed by atoms with van der Waals surface area (Å²) in [5.41, 5.74) is 2.77. The van der Waals surface area contributed by atoms with Crippen molar-refractivity contribution >= 4 is 29.2 Å². The van der Waals surface area contributed by atoms with E-state index in [1.165, 1.54) is 0 Å². The first-order valence-electron chi connectivity index (χ1n) is 8.79. The highest BCUT2D eigenvalue weighted by molar-refractivity contribution is 6.31. The third-order valence-corrected chi connectivity index (χ3v) is 4.45. The van der Waals surface area contributed by atoms with Crippen molar-refractivity contribution in [1.82, 2.24) is 15.1 Å². The standard InChI is InChI=1S/C21H18ClN5O/c1-14-11-20(27-28-14)26-21-24-18(15-7-3-2-4-8-15)12-19(25-21)23-13-16-9-5-6-10-17(16)22/h2-12H,13H2,1H3,(H2,23,24,25,26,27). The first-order valence-corrected chi connectivity index (χ1v) is 9.17. The third-order valence-electron chi connectivity index (χ3n) is 4.08. The molecule has 4 rings (SSSR count). The van der Waals surface area contributed by atoms with Crippen LogP contribution in [0.1, 0.15) is 11.3 Å². The fourth-order valence-electron chi connectivity index (χ4n) is 2.72. The number of nitrogens with zero attached hydrogens (tertiary/aromatic N) is 3. The highest BCUT2D eigenvalue weighted by Crippen LogP contribution is 2.24. The van der Waals surface area contributed by atoms with E-state index in [1.54, 1.807) is 6.07 Å². The van der Waals surface area contributed by atoms with Crippen LogP contribution in [0.5, 0.6) is 0 Å². The maximum atomic E-state index is 6.25. The Morgan fingerprint density at radius 1 is 0.929 bits per heavy atom. The SMILES string of the molecule is Cc1cc(Nc2nc(NCc3ccccc3Cl)cc(-c3ccccc3)n2)no1. The summed E-state index contributed by atoms with van der Waals surface area (Å²) >= 11 is 6.25. The molecule has 0 fully saturated rings. The molecule has 0 bridgehead atoms. The first-order chi connectivity index (χ1) is 13.7. The number of hydrogen-bond acceptors (Lipinski definition) is 6. The van der Waals surface area contributed by atoms with Crippen molar-refractivity contribution in [3.63, 3.8) is 0 Å². The molecule has 2 aromatic heterocycles. The van der Waals surface area contributed by atoms with Crippen LogP contribution in [-0.2, 0) is 6.54 Å². The summed E-state index contributed by atoms with van der Waals surface area (Å²) < 4.78 is 5.10. The highest BCUT2D eigenvalue weighted by atomic mass is 35.5. The van der Waals surface area contributed by atoms with E-state index in [-0.39, 0.29) is 0 Å². The fourth-order valence-corrected chi connectivity index (χ4v) is 2.92. The Bertz CT molecular complexity index is 1080. The van der Waals surface area contributed by atoms with Crippen molar-refractivity contribution in [2.45, 2.75) is 13.5 Å². The van der Waals surface area contributed by atoms with Crippen molar-refractivity contribution in [2.24, 2.45) is 0 Å². The van der Waals surface area contributed by atoms with Crippen LogP contribution in [0.4, 0.5) is 17.6 Å². The lowest BCUT2D eigenvalue weighted by molar-refractivity contribution is 0.400. The molecule has 0 saturated heterocycles. The number of benzene rings is 2. The molecule has 0 unspecified atom stereocenters. The van der Waals surface area contributed by atoms with Crippen LogP contribution in [-0.4, -0.2) is 15.1 Å². The zero-order valence-corrected chi connectivity index (χ0v) is 15.9. The zero-order valence-electron chi connectivity index (χ0n) is 15.2. The van der Waals surface area contributed by atoms with Gasteiger partial charge in [0.15, 0.2) is 5.82 Å². The van der Waals surface area contributed by atoms with Crippen molar-refractivity contribution in [3.8, 4) is 11.3 Å². The molecule has 0 atom stereocenters. The summed E-state index contributed by atoms with van der Waals surface area (Å²) in [6.45, 7) is 2.38. The number of aromatic nitrogens is 3. The van der Waals surface area contributed by atoms with Crippen molar-refractivity contribution < 1.29 is 4.52 Å². The van der Waals surface area contributed by atoms with Gasteiger partial charge in [0.25, 0.3) is 0 Å². The van der Waals surface area contributed by atoms with Gasteiger partial charge in [0.1, 0.15) is 11.6 Å². The molecule has 0 radical (unpaired) electrons. The van der Waals surface area contributed by atoms with Crippen molar-refractivity contribution in [1.29, 1.82) is 0 Å². The van der Waals surface area contributed by atoms with E-state index in [1.807, 2.05) is 67.6 Å². The van der Waals surface area contributed by atoms with E-state index < -0.39 is 0 Å². The van der Waals surface area contributed by atoms with Gasteiger partial charge in [-0.25, -0.2) is 4.98 Å². The predicted molar refractivity (Wildman–Crippen MR) is 111 cm³/mol. The summed E-state index contributed by atoms with van der Waals surface area (Å²) in [4.78, 5) is 9.16. The van der Waals surface area contributed by atoms with Crippen LogP contribution in [0.3, 0.4) is 0 Å². The first kappa shape index (κ1) is 18.0. The molecular formula is C21H18ClN5O. The lowest BCUT2D eigenvalue weighted by atomic mass is 10.1. The van der Waals surface area contributed by atoms with E-state index in [0.29, 0.717) is 34.9 Å². The van der Waals surface area contributed by atoms with Crippen LogP contribution in [0, 0.1) is 6.92 Å². The molecule has 0 saturated carbocycles. The van der Waals surface area contributed by atoms with Gasteiger partial charge in [0, 0.05) is 29.3 Å². The van der Waals surface area contributed by atoms with Gasteiger partial charge in [-0.05, 0) is 18.6 Å². The molecule has 2 heterocycles. The number of anilines is 3. The van der Waals surface area contributed by atoms with E-state index in [0.717, 1.165) is 16.8 Å². The Kier molecular flexibility index (Phi) is 5.21. The smallest absolute Gasteiger partial charge is 0.231 e. The maximum Gasteiger partial charge on any atom is 0.231 e. The molecule has 6 nitrogen and oxygen atoms in total. The van der Waals surface area contributed by atoms with Crippen molar-refractivity contribution in [3.05, 3.63) is 83.1 Å². The van der Waals surface area contributed by atoms with Crippen LogP contribution in [0.25, 0.3) is 11.3 Å². The van der Waals surface area contributed by atoms with Gasteiger partial charge in [-0.15, -0.1) is 0 Å². The van der Waals surface area contributed by atoms with Crippen molar-refractivity contribution in [2.75, 3.05) is 10.6 Å². The summed E-state index contributed by atoms with van der Waals surface area (Å²) in [7, 11) is 0. The topological polar surface area (TPSA) is 75.9 Å². The molecule has 0 aliphatic rings. The Morgan fingerprint density at radius 3 is 2.46 bits per heavy atom. The second-order valence-electron chi connectivity index (χ2n) is 6.22. The van der Waals surface area contributed by atoms with E-state index in [2.05, 4.69) is 25.8 Å². The molecule has 2 aromatic carbocycles. The second kappa shape index (κ2) is 8.10. The zero-order chi connectivity index (χ0) is 19.3. The highest BCUT2D eigenvalue weighted by Gasteiger charge is 2.09. The molecule has 0 aliphatic heterocycles. The van der Waals surface area contributed by atoms with Gasteiger partial charge in [0.2, 0.25) is 5.95 Å². The Morgan fingerprint density at radius 2 is 1.71 bits per heavy atom. The normalized spacial score (nSPS) is 10.6. The molecule has 0 spiro atoms. The number of hydrogen-bond donors (Lipinski definition) is 2. The summed E-state index contributed by atoms with van der Waals surface area (Å²) in [6, 6.07) is 21.3. The Balaban J connectivity index is 1.64. The monoisotopic (exact) mass is 391 g/mol. The minimum Gasteiger partial charge on any atom is -0.366 e. The molecular weight excluding hydrogens is 374 g/mol. The Hall–Kier alpha value is -3.38. The average molecular weight is 392 g/mol. The maximum absolute atomic E-state index is 6.25. The molecule has 28 heavy (non-hydrogen) atoms. The lowest BCUT2D eigenvalue weighted by Gasteiger charge is -2.11. The van der Waals surface area contributed by atoms with Gasteiger partial charge in [-0.3, -0.25) is 0 Å². The van der Waals surface area contributed by atoms with Gasteiger partial charge in [-0.2, -0.15) is 4.98 Å². The number of aryl methyl sites for hydroxylation is 1. The van der Waals surface area contributed by atoms with Gasteiger partial charge >= 0.3 is 0 Å². The fraction of sp³-hybridized carbons (Fsp3) is 0.0952. The van der Waals surface area contributed by atoms with Crippen LogP contribution in [0.2, 0.25) is 5.02 Å². The molecule has 7 heteroatoms. The summed E-state index contributed by atoms with van der Waals surface area (Å²) in [5.74, 6) is 2.37. The quantitative estimate of drug-likeness (QED) is 0.455. The van der Waals surface area contributed by atoms with Gasteiger partial charge < -0.3 is 15.2 Å². The minimum absolute atomic E-state index is 0.427. The molecule has 0 amide bonds. The minimum atomic E-state index is 0.427. The average Bonchev–Trinajstić information content (AvgIpc) is 3.12. The number of rotatable bonds is 6. The molecule has 140 valence electrons. The second-order valence-corrected chi connectivity index (χ2v) is 6.63. The van der Waals surface area contributed by atoms with Crippen LogP contribution in [0.15, 0.2) is 71.3 Å². The van der Waals surface area contributed by atoms with E-state index >= 15 is 0 Å². The van der Waals surface area contributed by atoms with Crippen LogP contribution < -0.4 is 10.6 Å². The molecule has 2 N–H and O–H groups in total. The summed E-state index contributed by atoms with van der Waals surface area (Å²) in [6.07, 6.45) is 0. The molecule has 4 aromatic rings. The predicted octanol–water partition coefficient (Wildman–Crippen LogP) is 5.45. The van der Waals surface area contributed by atoms with Gasteiger partial charge in [-0.1, -0.05) is 65.3 Å². The Labute approximate surface area is 167 Å². The number of nitrogens with one attached hydrogen (secondary N) is 2. The largest absolute Gasteiger partial charge is 0.366 e.